The summed E-state index contributed by atoms with van der Waals surface area (Å²) in [5.74, 6) is -1.07. The fourth-order valence-corrected chi connectivity index (χ4v) is 4.37. The van der Waals surface area contributed by atoms with Crippen LogP contribution in [0.1, 0.15) is 28.6 Å². The number of imidazole rings is 1. The molecule has 1 saturated heterocycles. The number of likely N-dealkylation sites (N-methyl/N-ethyl adjacent to an activating group) is 1. The van der Waals surface area contributed by atoms with Gasteiger partial charge in [0.05, 0.1) is 17.3 Å². The lowest BCUT2D eigenvalue weighted by Gasteiger charge is -2.26. The van der Waals surface area contributed by atoms with E-state index in [9.17, 15) is 14.7 Å². The maximum atomic E-state index is 13.3. The predicted octanol–water partition coefficient (Wildman–Crippen LogP) is 3.50. The number of carbonyl (C=O) groups is 2. The highest BCUT2D eigenvalue weighted by Gasteiger charge is 2.46. The molecule has 0 saturated carbocycles. The van der Waals surface area contributed by atoms with Gasteiger partial charge in [-0.1, -0.05) is 30.9 Å². The number of hydrogen-bond acceptors (Lipinski definition) is 6. The minimum absolute atomic E-state index is 0.0267. The van der Waals surface area contributed by atoms with Crippen molar-refractivity contribution in [1.29, 1.82) is 0 Å². The first kappa shape index (κ1) is 24.2. The Kier molecular flexibility index (Phi) is 6.75. The van der Waals surface area contributed by atoms with Crippen LogP contribution in [0.2, 0.25) is 0 Å². The van der Waals surface area contributed by atoms with E-state index in [0.717, 1.165) is 5.56 Å². The topological polar surface area (TPSA) is 87.4 Å². The Hall–Kier alpha value is -3.91. The van der Waals surface area contributed by atoms with Gasteiger partial charge in [-0.25, -0.2) is 4.98 Å². The Balaban J connectivity index is 1.89. The van der Waals surface area contributed by atoms with Crippen LogP contribution in [0.15, 0.2) is 60.8 Å². The number of pyridine rings is 1. The van der Waals surface area contributed by atoms with Gasteiger partial charge in [0.2, 0.25) is 0 Å². The molecule has 1 amide bonds. The average Bonchev–Trinajstić information content (AvgIpc) is 3.31. The number of aliphatic hydroxyl groups is 1. The van der Waals surface area contributed by atoms with E-state index in [1.807, 2.05) is 61.6 Å². The van der Waals surface area contributed by atoms with Gasteiger partial charge in [0.15, 0.2) is 5.76 Å². The molecule has 8 nitrogen and oxygen atoms in total. The molecule has 8 heteroatoms. The molecule has 3 heterocycles. The Morgan fingerprint density at radius 1 is 1.23 bits per heavy atom. The molecular formula is C27H30N4O4. The standard InChI is InChI=1S/C27H30N4O4/c1-6-15-35-20-11-7-10-19(16-20)23-21(25(33)27(34)31(23)14-13-29(4)5)24(32)22-18(3)30-12-8-9-17(2)26(30)28-22/h6-12,16,23,32H,1,13-15H2,2-5H3. The van der Waals surface area contributed by atoms with Gasteiger partial charge < -0.3 is 24.0 Å². The molecule has 0 radical (unpaired) electrons. The summed E-state index contributed by atoms with van der Waals surface area (Å²) in [4.78, 5) is 34.5. The highest BCUT2D eigenvalue weighted by Crippen LogP contribution is 2.40. The fraction of sp³-hybridized carbons (Fsp3) is 0.296. The average molecular weight is 475 g/mol. The van der Waals surface area contributed by atoms with E-state index in [1.165, 1.54) is 4.90 Å². The molecule has 4 rings (SSSR count). The number of hydrogen-bond donors (Lipinski definition) is 1. The van der Waals surface area contributed by atoms with Crippen LogP contribution in [0.5, 0.6) is 5.75 Å². The van der Waals surface area contributed by atoms with Gasteiger partial charge in [0.1, 0.15) is 23.7 Å². The maximum absolute atomic E-state index is 13.3. The second-order valence-corrected chi connectivity index (χ2v) is 8.90. The molecule has 0 bridgehead atoms. The van der Waals surface area contributed by atoms with Gasteiger partial charge in [0.25, 0.3) is 11.7 Å². The van der Waals surface area contributed by atoms with Crippen LogP contribution in [-0.4, -0.2) is 69.8 Å². The number of likely N-dealkylation sites (tertiary alicyclic amines) is 1. The van der Waals surface area contributed by atoms with Crippen molar-refractivity contribution in [2.75, 3.05) is 33.8 Å². The number of ether oxygens (including phenoxy) is 1. The number of Topliss-reactive ketones (excluding diaryl/α,β-unsaturated/α-hetero) is 1. The first-order chi connectivity index (χ1) is 16.7. The van der Waals surface area contributed by atoms with E-state index in [1.54, 1.807) is 24.3 Å². The van der Waals surface area contributed by atoms with Crippen LogP contribution in [-0.2, 0) is 9.59 Å². The van der Waals surface area contributed by atoms with Crippen molar-refractivity contribution in [2.45, 2.75) is 19.9 Å². The van der Waals surface area contributed by atoms with Crippen LogP contribution in [0.4, 0.5) is 0 Å². The van der Waals surface area contributed by atoms with Crippen LogP contribution in [0.25, 0.3) is 11.4 Å². The number of benzene rings is 1. The predicted molar refractivity (Wildman–Crippen MR) is 134 cm³/mol. The zero-order chi connectivity index (χ0) is 25.3. The smallest absolute Gasteiger partial charge is 0.295 e. The molecule has 0 spiro atoms. The van der Waals surface area contributed by atoms with E-state index in [4.69, 9.17) is 4.74 Å². The summed E-state index contributed by atoms with van der Waals surface area (Å²) in [6.45, 7) is 8.63. The summed E-state index contributed by atoms with van der Waals surface area (Å²) >= 11 is 0. The van der Waals surface area contributed by atoms with Gasteiger partial charge in [0, 0.05) is 19.3 Å². The zero-order valence-corrected chi connectivity index (χ0v) is 20.5. The molecule has 1 N–H and O–H groups in total. The minimum atomic E-state index is -0.771. The normalized spacial score (nSPS) is 17.5. The molecule has 1 aliphatic heterocycles. The lowest BCUT2D eigenvalue weighted by molar-refractivity contribution is -0.140. The van der Waals surface area contributed by atoms with E-state index >= 15 is 0 Å². The van der Waals surface area contributed by atoms with Crippen LogP contribution in [0, 0.1) is 13.8 Å². The lowest BCUT2D eigenvalue weighted by Crippen LogP contribution is -2.35. The van der Waals surface area contributed by atoms with E-state index < -0.39 is 17.7 Å². The largest absolute Gasteiger partial charge is 0.505 e. The highest BCUT2D eigenvalue weighted by molar-refractivity contribution is 6.46. The molecule has 3 aromatic rings. The van der Waals surface area contributed by atoms with E-state index in [0.29, 0.717) is 42.4 Å². The zero-order valence-electron chi connectivity index (χ0n) is 20.5. The van der Waals surface area contributed by atoms with Crippen molar-refractivity contribution in [1.82, 2.24) is 19.2 Å². The van der Waals surface area contributed by atoms with Crippen molar-refractivity contribution >= 4 is 23.1 Å². The van der Waals surface area contributed by atoms with Crippen LogP contribution >= 0.6 is 0 Å². The molecule has 35 heavy (non-hydrogen) atoms. The number of amides is 1. The SMILES string of the molecule is C=CCOc1cccc(C2C(=C(O)c3nc4c(C)cccn4c3C)C(=O)C(=O)N2CCN(C)C)c1. The maximum Gasteiger partial charge on any atom is 0.295 e. The number of aryl methyl sites for hydroxylation is 2. The molecule has 0 aliphatic carbocycles. The van der Waals surface area contributed by atoms with Gasteiger partial charge in [-0.15, -0.1) is 0 Å². The van der Waals surface area contributed by atoms with Crippen molar-refractivity contribution in [3.63, 3.8) is 0 Å². The molecule has 1 atom stereocenters. The summed E-state index contributed by atoms with van der Waals surface area (Å²) in [7, 11) is 3.80. The molecule has 182 valence electrons. The Morgan fingerprint density at radius 3 is 2.69 bits per heavy atom. The van der Waals surface area contributed by atoms with Crippen molar-refractivity contribution in [3.8, 4) is 5.75 Å². The summed E-state index contributed by atoms with van der Waals surface area (Å²) in [6, 6.07) is 10.3. The van der Waals surface area contributed by atoms with E-state index in [2.05, 4.69) is 11.6 Å². The third kappa shape index (κ3) is 4.44. The first-order valence-corrected chi connectivity index (χ1v) is 11.5. The molecule has 1 fully saturated rings. The fourth-order valence-electron chi connectivity index (χ4n) is 4.37. The summed E-state index contributed by atoms with van der Waals surface area (Å²) in [6.07, 6.45) is 3.50. The number of nitrogens with zero attached hydrogens (tertiary/aromatic N) is 4. The Labute approximate surface area is 204 Å². The van der Waals surface area contributed by atoms with Crippen molar-refractivity contribution in [3.05, 3.63) is 83.3 Å². The molecule has 2 aromatic heterocycles. The third-order valence-electron chi connectivity index (χ3n) is 6.18. The van der Waals surface area contributed by atoms with Crippen LogP contribution < -0.4 is 4.74 Å². The third-order valence-corrected chi connectivity index (χ3v) is 6.18. The Bertz CT molecular complexity index is 1340. The molecule has 1 unspecified atom stereocenters. The monoisotopic (exact) mass is 474 g/mol. The molecule has 1 aromatic carbocycles. The van der Waals surface area contributed by atoms with Gasteiger partial charge in [-0.05, 0) is 57.3 Å². The second kappa shape index (κ2) is 9.76. The van der Waals surface area contributed by atoms with Gasteiger partial charge >= 0.3 is 0 Å². The van der Waals surface area contributed by atoms with Crippen LogP contribution in [0.3, 0.4) is 0 Å². The number of ketones is 1. The second-order valence-electron chi connectivity index (χ2n) is 8.90. The number of fused-ring (bicyclic) bond motifs is 1. The summed E-state index contributed by atoms with van der Waals surface area (Å²) < 4.78 is 7.55. The minimum Gasteiger partial charge on any atom is -0.505 e. The van der Waals surface area contributed by atoms with Crippen molar-refractivity contribution < 1.29 is 19.4 Å². The summed E-state index contributed by atoms with van der Waals surface area (Å²) in [5, 5.41) is 11.5. The molecule has 1 aliphatic rings. The Morgan fingerprint density at radius 2 is 2.00 bits per heavy atom. The quantitative estimate of drug-likeness (QED) is 0.233. The van der Waals surface area contributed by atoms with Gasteiger partial charge in [-0.2, -0.15) is 0 Å². The van der Waals surface area contributed by atoms with Gasteiger partial charge in [-0.3, -0.25) is 9.59 Å². The van der Waals surface area contributed by atoms with Crippen molar-refractivity contribution in [2.24, 2.45) is 0 Å². The molecular weight excluding hydrogens is 444 g/mol. The first-order valence-electron chi connectivity index (χ1n) is 11.5. The number of rotatable bonds is 8. The van der Waals surface area contributed by atoms with E-state index in [-0.39, 0.29) is 17.0 Å². The highest BCUT2D eigenvalue weighted by atomic mass is 16.5. The number of aliphatic hydroxyl groups excluding tert-OH is 1. The lowest BCUT2D eigenvalue weighted by atomic mass is 9.96. The number of aromatic nitrogens is 2. The summed E-state index contributed by atoms with van der Waals surface area (Å²) in [5.41, 5.74) is 3.29. The number of carbonyl (C=O) groups excluding carboxylic acids is 2.